The minimum Gasteiger partial charge on any atom is -0.619 e. The molecule has 29 heavy (non-hydrogen) atoms. The van der Waals surface area contributed by atoms with E-state index in [1.54, 1.807) is 34.6 Å². The van der Waals surface area contributed by atoms with Crippen LogP contribution in [-0.4, -0.2) is 34.0 Å². The van der Waals surface area contributed by atoms with Gasteiger partial charge in [0.25, 0.3) is 5.91 Å². The number of aromatic nitrogens is 2. The van der Waals surface area contributed by atoms with Gasteiger partial charge in [0, 0.05) is 43.2 Å². The van der Waals surface area contributed by atoms with Crippen molar-refractivity contribution in [3.8, 4) is 0 Å². The number of hydrogen-bond acceptors (Lipinski definition) is 5. The molecule has 0 spiro atoms. The second kappa shape index (κ2) is 8.31. The van der Waals surface area contributed by atoms with E-state index in [1.807, 2.05) is 35.7 Å². The summed E-state index contributed by atoms with van der Waals surface area (Å²) in [4.78, 5) is 18.9. The van der Waals surface area contributed by atoms with Gasteiger partial charge in [-0.3, -0.25) is 4.79 Å². The van der Waals surface area contributed by atoms with E-state index in [4.69, 9.17) is 0 Å². The fourth-order valence-electron chi connectivity index (χ4n) is 4.08. The average Bonchev–Trinajstić information content (AvgIpc) is 3.27. The van der Waals surface area contributed by atoms with Crippen molar-refractivity contribution in [3.05, 3.63) is 87.8 Å². The largest absolute Gasteiger partial charge is 0.619 e. The SMILES string of the molecule is O=C(c1cc[n+]([O-])cc1)N1CCC([C@@](O)(Cc2nccs2)c2ccccc2)CC1. The summed E-state index contributed by atoms with van der Waals surface area (Å²) in [7, 11) is 0. The summed E-state index contributed by atoms with van der Waals surface area (Å²) < 4.78 is 0.668. The minimum absolute atomic E-state index is 0.0254. The number of pyridine rings is 1. The second-order valence-corrected chi connectivity index (χ2v) is 8.39. The molecular formula is C22H23N3O3S. The van der Waals surface area contributed by atoms with Crippen molar-refractivity contribution < 1.29 is 14.6 Å². The van der Waals surface area contributed by atoms with Crippen molar-refractivity contribution in [1.29, 1.82) is 0 Å². The average molecular weight is 410 g/mol. The highest BCUT2D eigenvalue weighted by atomic mass is 32.1. The molecule has 7 heteroatoms. The minimum atomic E-state index is -1.02. The van der Waals surface area contributed by atoms with E-state index < -0.39 is 5.60 Å². The van der Waals surface area contributed by atoms with Crippen LogP contribution in [0.1, 0.15) is 33.8 Å². The Hall–Kier alpha value is -2.77. The Morgan fingerprint density at radius 2 is 1.90 bits per heavy atom. The number of likely N-dealkylation sites (tertiary alicyclic amines) is 1. The molecule has 2 aromatic heterocycles. The van der Waals surface area contributed by atoms with Gasteiger partial charge in [0.05, 0.1) is 16.2 Å². The molecule has 3 aromatic rings. The zero-order valence-corrected chi connectivity index (χ0v) is 16.8. The maximum Gasteiger partial charge on any atom is 0.254 e. The first-order chi connectivity index (χ1) is 14.1. The summed E-state index contributed by atoms with van der Waals surface area (Å²) in [5, 5.41) is 25.8. The molecule has 1 aliphatic heterocycles. The Labute approximate surface area is 173 Å². The lowest BCUT2D eigenvalue weighted by molar-refractivity contribution is -0.605. The topological polar surface area (TPSA) is 80.4 Å². The number of piperidine rings is 1. The number of carbonyl (C=O) groups excluding carboxylic acids is 1. The summed E-state index contributed by atoms with van der Waals surface area (Å²) in [6, 6.07) is 12.9. The van der Waals surface area contributed by atoms with E-state index in [1.165, 1.54) is 12.4 Å². The van der Waals surface area contributed by atoms with Crippen LogP contribution < -0.4 is 4.73 Å². The van der Waals surface area contributed by atoms with Crippen LogP contribution in [0.4, 0.5) is 0 Å². The van der Waals surface area contributed by atoms with Gasteiger partial charge in [0.15, 0.2) is 12.4 Å². The lowest BCUT2D eigenvalue weighted by Crippen LogP contribution is -2.46. The van der Waals surface area contributed by atoms with Gasteiger partial charge < -0.3 is 15.2 Å². The van der Waals surface area contributed by atoms with Crippen molar-refractivity contribution in [1.82, 2.24) is 9.88 Å². The standard InChI is InChI=1S/C22H23N3O3S/c26-21(17-6-13-25(28)14-7-17)24-11-8-19(9-12-24)22(27,16-20-23-10-15-29-20)18-4-2-1-3-5-18/h1-7,10,13-15,19,27H,8-9,11-12,16H2/t22-/m1/s1. The number of aliphatic hydroxyl groups is 1. The Morgan fingerprint density at radius 3 is 2.52 bits per heavy atom. The second-order valence-electron chi connectivity index (χ2n) is 7.41. The predicted molar refractivity (Wildman–Crippen MR) is 110 cm³/mol. The van der Waals surface area contributed by atoms with Crippen LogP contribution in [0.5, 0.6) is 0 Å². The Morgan fingerprint density at radius 1 is 1.21 bits per heavy atom. The van der Waals surface area contributed by atoms with E-state index in [0.29, 0.717) is 42.6 Å². The summed E-state index contributed by atoms with van der Waals surface area (Å²) in [5.74, 6) is -0.0513. The van der Waals surface area contributed by atoms with Crippen LogP contribution in [0.2, 0.25) is 0 Å². The van der Waals surface area contributed by atoms with E-state index in [-0.39, 0.29) is 11.8 Å². The quantitative estimate of drug-likeness (QED) is 0.519. The zero-order valence-electron chi connectivity index (χ0n) is 16.0. The van der Waals surface area contributed by atoms with Crippen LogP contribution in [-0.2, 0) is 12.0 Å². The van der Waals surface area contributed by atoms with Gasteiger partial charge in [-0.05, 0) is 24.3 Å². The normalized spacial score (nSPS) is 17.1. The number of hydrogen-bond donors (Lipinski definition) is 1. The van der Waals surface area contributed by atoms with E-state index in [2.05, 4.69) is 4.98 Å². The summed E-state index contributed by atoms with van der Waals surface area (Å²) in [6.45, 7) is 1.14. The van der Waals surface area contributed by atoms with E-state index in [0.717, 1.165) is 10.6 Å². The maximum atomic E-state index is 12.7. The molecule has 0 radical (unpaired) electrons. The first kappa shape index (κ1) is 19.5. The van der Waals surface area contributed by atoms with Crippen LogP contribution in [0.3, 0.4) is 0 Å². The Bertz CT molecular complexity index is 939. The van der Waals surface area contributed by atoms with Gasteiger partial charge in [0.2, 0.25) is 0 Å². The number of benzene rings is 1. The molecule has 1 saturated heterocycles. The predicted octanol–water partition coefficient (Wildman–Crippen LogP) is 2.76. The van der Waals surface area contributed by atoms with Crippen LogP contribution in [0.15, 0.2) is 66.4 Å². The van der Waals surface area contributed by atoms with Gasteiger partial charge in [-0.25, -0.2) is 4.98 Å². The fourth-order valence-corrected chi connectivity index (χ4v) is 4.78. The van der Waals surface area contributed by atoms with Crippen molar-refractivity contribution in [2.75, 3.05) is 13.1 Å². The molecule has 0 bridgehead atoms. The fraction of sp³-hybridized carbons (Fsp3) is 0.318. The van der Waals surface area contributed by atoms with Crippen molar-refractivity contribution in [2.24, 2.45) is 5.92 Å². The highest BCUT2D eigenvalue weighted by Gasteiger charge is 2.41. The first-order valence-electron chi connectivity index (χ1n) is 9.70. The highest BCUT2D eigenvalue weighted by Crippen LogP contribution is 2.39. The van der Waals surface area contributed by atoms with E-state index in [9.17, 15) is 15.1 Å². The van der Waals surface area contributed by atoms with Crippen molar-refractivity contribution >= 4 is 17.2 Å². The molecule has 1 atom stereocenters. The molecule has 0 unspecified atom stereocenters. The lowest BCUT2D eigenvalue weighted by atomic mass is 9.74. The Balaban J connectivity index is 1.51. The molecule has 1 aliphatic rings. The third-order valence-corrected chi connectivity index (χ3v) is 6.46. The molecule has 1 fully saturated rings. The smallest absolute Gasteiger partial charge is 0.254 e. The van der Waals surface area contributed by atoms with Crippen LogP contribution >= 0.6 is 11.3 Å². The van der Waals surface area contributed by atoms with Crippen LogP contribution in [0.25, 0.3) is 0 Å². The molecule has 150 valence electrons. The number of thiazole rings is 1. The van der Waals surface area contributed by atoms with Crippen LogP contribution in [0, 0.1) is 11.1 Å². The zero-order chi connectivity index (χ0) is 20.3. The number of carbonyl (C=O) groups is 1. The summed E-state index contributed by atoms with van der Waals surface area (Å²) in [5.41, 5.74) is 0.384. The van der Waals surface area contributed by atoms with Gasteiger partial charge in [-0.15, -0.1) is 11.3 Å². The van der Waals surface area contributed by atoms with E-state index >= 15 is 0 Å². The number of amides is 1. The molecular weight excluding hydrogens is 386 g/mol. The van der Waals surface area contributed by atoms with Gasteiger partial charge in [-0.1, -0.05) is 30.3 Å². The highest BCUT2D eigenvalue weighted by molar-refractivity contribution is 7.09. The third-order valence-electron chi connectivity index (χ3n) is 5.68. The van der Waals surface area contributed by atoms with Crippen molar-refractivity contribution in [3.63, 3.8) is 0 Å². The third kappa shape index (κ3) is 4.16. The first-order valence-corrected chi connectivity index (χ1v) is 10.6. The van der Waals surface area contributed by atoms with Gasteiger partial charge in [0.1, 0.15) is 0 Å². The maximum absolute atomic E-state index is 12.7. The van der Waals surface area contributed by atoms with Gasteiger partial charge in [-0.2, -0.15) is 4.73 Å². The molecule has 3 heterocycles. The molecule has 6 nitrogen and oxygen atoms in total. The monoisotopic (exact) mass is 409 g/mol. The summed E-state index contributed by atoms with van der Waals surface area (Å²) >= 11 is 1.55. The van der Waals surface area contributed by atoms with Crippen molar-refractivity contribution in [2.45, 2.75) is 24.9 Å². The number of rotatable bonds is 5. The molecule has 1 N–H and O–H groups in total. The number of nitrogens with zero attached hydrogens (tertiary/aromatic N) is 3. The van der Waals surface area contributed by atoms with Gasteiger partial charge >= 0.3 is 0 Å². The molecule has 4 rings (SSSR count). The molecule has 0 aliphatic carbocycles. The molecule has 1 amide bonds. The lowest BCUT2D eigenvalue weighted by Gasteiger charge is -2.41. The molecule has 0 saturated carbocycles. The molecule has 1 aromatic carbocycles. The Kier molecular flexibility index (Phi) is 5.60. The summed E-state index contributed by atoms with van der Waals surface area (Å²) in [6.07, 6.45) is 6.31.